The summed E-state index contributed by atoms with van der Waals surface area (Å²) in [5.74, 6) is -0.287. The van der Waals surface area contributed by atoms with Crippen molar-refractivity contribution >= 4 is 38.5 Å². The number of primary sulfonamides is 1. The first kappa shape index (κ1) is 26.5. The van der Waals surface area contributed by atoms with Crippen molar-refractivity contribution in [2.45, 2.75) is 24.2 Å². The van der Waals surface area contributed by atoms with E-state index in [4.69, 9.17) is 24.5 Å². The fourth-order valence-corrected chi connectivity index (χ4v) is 4.52. The van der Waals surface area contributed by atoms with Crippen LogP contribution in [-0.4, -0.2) is 59.1 Å². The molecule has 1 aliphatic heterocycles. The Morgan fingerprint density at radius 2 is 1.92 bits per heavy atom. The standard InChI is InChI=1S/C22H20N6O5S.C2H4O2/c1-32-17-9-14-16(10-18(17)33-7-4-19-24-5-6-25-19)26-11-27-21(14)20-13-8-12(34(23,30)31)2-3-15(13)28-22(20)29;1-2(3)4/h2-3,5-6,8-11,20H,4,7H2,1H3,(H,24,25)(H,28,29)(H2,23,30,31);1H3,(H,3,4). The summed E-state index contributed by atoms with van der Waals surface area (Å²) in [7, 11) is -2.43. The third kappa shape index (κ3) is 5.71. The topological polar surface area (TPSA) is 199 Å². The molecule has 38 heavy (non-hydrogen) atoms. The highest BCUT2D eigenvalue weighted by atomic mass is 32.2. The van der Waals surface area contributed by atoms with Gasteiger partial charge < -0.3 is 24.9 Å². The molecule has 4 aromatic rings. The smallest absolute Gasteiger partial charge is 0.300 e. The Morgan fingerprint density at radius 3 is 2.58 bits per heavy atom. The van der Waals surface area contributed by atoms with Gasteiger partial charge in [-0.3, -0.25) is 9.59 Å². The molecule has 3 heterocycles. The van der Waals surface area contributed by atoms with Crippen molar-refractivity contribution < 1.29 is 32.6 Å². The molecule has 0 spiro atoms. The molecular weight excluding hydrogens is 516 g/mol. The molecule has 14 heteroatoms. The molecule has 1 atom stereocenters. The van der Waals surface area contributed by atoms with Crippen LogP contribution in [0.15, 0.2) is 53.9 Å². The minimum atomic E-state index is -3.95. The number of rotatable bonds is 7. The number of carboxylic acid groups (broad SMARTS) is 1. The average Bonchev–Trinajstić information content (AvgIpc) is 3.48. The number of carbonyl (C=O) groups excluding carboxylic acids is 1. The van der Waals surface area contributed by atoms with E-state index in [1.165, 1.54) is 31.6 Å². The number of sulfonamides is 1. The summed E-state index contributed by atoms with van der Waals surface area (Å²) < 4.78 is 35.1. The van der Waals surface area contributed by atoms with Gasteiger partial charge in [0.25, 0.3) is 5.97 Å². The number of imidazole rings is 1. The molecule has 2 aromatic heterocycles. The summed E-state index contributed by atoms with van der Waals surface area (Å²) >= 11 is 0. The average molecular weight is 541 g/mol. The minimum Gasteiger partial charge on any atom is -0.493 e. The zero-order valence-electron chi connectivity index (χ0n) is 20.3. The van der Waals surface area contributed by atoms with Crippen molar-refractivity contribution in [2.24, 2.45) is 5.14 Å². The van der Waals surface area contributed by atoms with E-state index in [1.807, 2.05) is 0 Å². The SMILES string of the molecule is CC(=O)O.COc1cc2c(C3C(=O)Nc4ccc(S(N)(=O)=O)cc43)ncnc2cc1OCCc1ncc[nH]1. The van der Waals surface area contributed by atoms with E-state index >= 15 is 0 Å². The van der Waals surface area contributed by atoms with Crippen LogP contribution in [0.5, 0.6) is 11.5 Å². The molecule has 0 fully saturated rings. The molecule has 0 saturated carbocycles. The molecule has 1 amide bonds. The Balaban J connectivity index is 0.000000786. The number of hydrogen-bond acceptors (Lipinski definition) is 9. The highest BCUT2D eigenvalue weighted by molar-refractivity contribution is 7.89. The van der Waals surface area contributed by atoms with Crippen LogP contribution in [0.1, 0.15) is 29.9 Å². The van der Waals surface area contributed by atoms with Crippen LogP contribution in [-0.2, 0) is 26.0 Å². The maximum Gasteiger partial charge on any atom is 0.300 e. The zero-order valence-corrected chi connectivity index (χ0v) is 21.2. The van der Waals surface area contributed by atoms with Crippen molar-refractivity contribution in [1.82, 2.24) is 19.9 Å². The number of hydrogen-bond donors (Lipinski definition) is 4. The van der Waals surface area contributed by atoms with Gasteiger partial charge in [0.05, 0.1) is 29.8 Å². The van der Waals surface area contributed by atoms with Crippen LogP contribution in [0, 0.1) is 0 Å². The van der Waals surface area contributed by atoms with E-state index in [1.54, 1.807) is 24.5 Å². The summed E-state index contributed by atoms with van der Waals surface area (Å²) in [5, 5.41) is 16.1. The van der Waals surface area contributed by atoms with Gasteiger partial charge in [-0.2, -0.15) is 0 Å². The van der Waals surface area contributed by atoms with Gasteiger partial charge in [0, 0.05) is 42.9 Å². The van der Waals surface area contributed by atoms with Gasteiger partial charge in [0.15, 0.2) is 11.5 Å². The number of anilines is 1. The molecule has 198 valence electrons. The second kappa shape index (κ2) is 10.8. The first-order valence-corrected chi connectivity index (χ1v) is 12.7. The Hall–Kier alpha value is -4.56. The quantitative estimate of drug-likeness (QED) is 0.268. The van der Waals surface area contributed by atoms with Crippen molar-refractivity contribution in [3.05, 3.63) is 66.1 Å². The first-order valence-electron chi connectivity index (χ1n) is 11.2. The normalized spacial score (nSPS) is 14.3. The van der Waals surface area contributed by atoms with Crippen molar-refractivity contribution in [1.29, 1.82) is 0 Å². The maximum atomic E-state index is 12.9. The van der Waals surface area contributed by atoms with Crippen LogP contribution in [0.2, 0.25) is 0 Å². The van der Waals surface area contributed by atoms with E-state index in [2.05, 4.69) is 25.3 Å². The fraction of sp³-hybridized carbons (Fsp3) is 0.208. The van der Waals surface area contributed by atoms with E-state index in [-0.39, 0.29) is 10.8 Å². The Morgan fingerprint density at radius 1 is 1.16 bits per heavy atom. The number of carbonyl (C=O) groups is 2. The molecular formula is C24H24N6O7S. The third-order valence-electron chi connectivity index (χ3n) is 5.56. The number of nitrogens with zero attached hydrogens (tertiary/aromatic N) is 3. The number of amides is 1. The van der Waals surface area contributed by atoms with Crippen molar-refractivity contribution in [2.75, 3.05) is 19.0 Å². The van der Waals surface area contributed by atoms with Gasteiger partial charge >= 0.3 is 0 Å². The lowest BCUT2D eigenvalue weighted by molar-refractivity contribution is -0.134. The first-order chi connectivity index (χ1) is 18.1. The number of nitrogens with two attached hydrogens (primary N) is 1. The fourth-order valence-electron chi connectivity index (χ4n) is 3.97. The molecule has 0 radical (unpaired) electrons. The second-order valence-electron chi connectivity index (χ2n) is 8.15. The maximum absolute atomic E-state index is 12.9. The minimum absolute atomic E-state index is 0.0871. The molecule has 0 aliphatic carbocycles. The number of aromatic amines is 1. The number of methoxy groups -OCH3 is 1. The molecule has 1 aliphatic rings. The lowest BCUT2D eigenvalue weighted by atomic mass is 9.94. The summed E-state index contributed by atoms with van der Waals surface area (Å²) in [5.41, 5.74) is 1.92. The molecule has 0 saturated heterocycles. The monoisotopic (exact) mass is 540 g/mol. The van der Waals surface area contributed by atoms with Gasteiger partial charge in [-0.25, -0.2) is 28.5 Å². The van der Waals surface area contributed by atoms with E-state index in [0.29, 0.717) is 52.4 Å². The van der Waals surface area contributed by atoms with Crippen LogP contribution in [0.3, 0.4) is 0 Å². The summed E-state index contributed by atoms with van der Waals surface area (Å²) in [6.07, 6.45) is 5.35. The third-order valence-corrected chi connectivity index (χ3v) is 6.47. The lowest BCUT2D eigenvalue weighted by Crippen LogP contribution is -2.16. The van der Waals surface area contributed by atoms with Crippen molar-refractivity contribution in [3.63, 3.8) is 0 Å². The Bertz CT molecular complexity index is 1600. The van der Waals surface area contributed by atoms with Gasteiger partial charge in [-0.1, -0.05) is 0 Å². The number of aromatic nitrogens is 4. The number of carboxylic acids is 1. The highest BCUT2D eigenvalue weighted by Crippen LogP contribution is 2.41. The molecule has 5 rings (SSSR count). The van der Waals surface area contributed by atoms with E-state index in [0.717, 1.165) is 12.7 Å². The largest absolute Gasteiger partial charge is 0.493 e. The predicted octanol–water partition coefficient (Wildman–Crippen LogP) is 1.81. The van der Waals surface area contributed by atoms with Gasteiger partial charge in [-0.05, 0) is 29.8 Å². The molecule has 2 aromatic carbocycles. The molecule has 1 unspecified atom stereocenters. The van der Waals surface area contributed by atoms with Gasteiger partial charge in [0.1, 0.15) is 18.1 Å². The van der Waals surface area contributed by atoms with Crippen LogP contribution < -0.4 is 19.9 Å². The Labute approximate surface area is 217 Å². The summed E-state index contributed by atoms with van der Waals surface area (Å²) in [6, 6.07) is 7.69. The zero-order chi connectivity index (χ0) is 27.4. The number of fused-ring (bicyclic) bond motifs is 2. The molecule has 0 bridgehead atoms. The Kier molecular flexibility index (Phi) is 7.55. The molecule has 5 N–H and O–H groups in total. The number of benzene rings is 2. The summed E-state index contributed by atoms with van der Waals surface area (Å²) in [4.78, 5) is 37.7. The molecule has 13 nitrogen and oxygen atoms in total. The second-order valence-corrected chi connectivity index (χ2v) is 9.71. The van der Waals surface area contributed by atoms with Crippen LogP contribution >= 0.6 is 0 Å². The van der Waals surface area contributed by atoms with Gasteiger partial charge in [-0.15, -0.1) is 0 Å². The van der Waals surface area contributed by atoms with E-state index < -0.39 is 21.9 Å². The lowest BCUT2D eigenvalue weighted by Gasteiger charge is -2.15. The summed E-state index contributed by atoms with van der Waals surface area (Å²) in [6.45, 7) is 1.45. The van der Waals surface area contributed by atoms with Crippen molar-refractivity contribution in [3.8, 4) is 11.5 Å². The van der Waals surface area contributed by atoms with E-state index in [9.17, 15) is 13.2 Å². The number of aliphatic carboxylic acids is 1. The number of H-pyrrole nitrogens is 1. The van der Waals surface area contributed by atoms with Gasteiger partial charge in [0.2, 0.25) is 15.9 Å². The van der Waals surface area contributed by atoms with Crippen LogP contribution in [0.4, 0.5) is 5.69 Å². The predicted molar refractivity (Wildman–Crippen MR) is 135 cm³/mol. The number of ether oxygens (including phenoxy) is 2. The highest BCUT2D eigenvalue weighted by Gasteiger charge is 2.35. The van der Waals surface area contributed by atoms with Crippen LogP contribution in [0.25, 0.3) is 10.9 Å². The number of nitrogens with one attached hydrogen (secondary N) is 2.